The van der Waals surface area contributed by atoms with E-state index in [-0.39, 0.29) is 6.04 Å². The standard InChI is InChI=1S/C15H13ClINO2/c16-11-7-9(1-3-12(11)17)15(18)10-2-4-13-14(8-10)20-6-5-19-13/h1-4,7-8,15H,5-6,18H2. The molecule has 0 aromatic heterocycles. The first-order chi connectivity index (χ1) is 9.65. The Morgan fingerprint density at radius 3 is 2.40 bits per heavy atom. The van der Waals surface area contributed by atoms with Crippen LogP contribution in [-0.4, -0.2) is 13.2 Å². The maximum Gasteiger partial charge on any atom is 0.161 e. The van der Waals surface area contributed by atoms with E-state index >= 15 is 0 Å². The molecule has 0 amide bonds. The Morgan fingerprint density at radius 2 is 1.65 bits per heavy atom. The van der Waals surface area contributed by atoms with Crippen LogP contribution in [0.2, 0.25) is 5.02 Å². The van der Waals surface area contributed by atoms with Gasteiger partial charge in [-0.1, -0.05) is 23.7 Å². The largest absolute Gasteiger partial charge is 0.486 e. The summed E-state index contributed by atoms with van der Waals surface area (Å²) in [4.78, 5) is 0. The van der Waals surface area contributed by atoms with Crippen molar-refractivity contribution >= 4 is 34.2 Å². The van der Waals surface area contributed by atoms with Gasteiger partial charge in [-0.05, 0) is 58.0 Å². The maximum absolute atomic E-state index is 6.31. The second-order valence-electron chi connectivity index (χ2n) is 4.55. The number of nitrogens with two attached hydrogens (primary N) is 1. The second kappa shape index (κ2) is 5.79. The molecule has 1 aliphatic heterocycles. The van der Waals surface area contributed by atoms with E-state index in [2.05, 4.69) is 22.6 Å². The van der Waals surface area contributed by atoms with Crippen LogP contribution in [0.15, 0.2) is 36.4 Å². The van der Waals surface area contributed by atoms with Crippen LogP contribution in [0.25, 0.3) is 0 Å². The first-order valence-corrected chi connectivity index (χ1v) is 7.71. The fourth-order valence-electron chi connectivity index (χ4n) is 2.15. The molecule has 2 N–H and O–H groups in total. The van der Waals surface area contributed by atoms with Crippen molar-refractivity contribution in [1.82, 2.24) is 0 Å². The molecule has 3 rings (SSSR count). The number of hydrogen-bond acceptors (Lipinski definition) is 3. The van der Waals surface area contributed by atoms with E-state index in [1.54, 1.807) is 0 Å². The van der Waals surface area contributed by atoms with Gasteiger partial charge in [-0.2, -0.15) is 0 Å². The lowest BCUT2D eigenvalue weighted by Crippen LogP contribution is -2.17. The van der Waals surface area contributed by atoms with Gasteiger partial charge in [0.25, 0.3) is 0 Å². The van der Waals surface area contributed by atoms with Gasteiger partial charge in [0.1, 0.15) is 13.2 Å². The predicted molar refractivity (Wildman–Crippen MR) is 87.6 cm³/mol. The van der Waals surface area contributed by atoms with Crippen molar-refractivity contribution in [2.24, 2.45) is 5.73 Å². The molecule has 0 bridgehead atoms. The number of hydrogen-bond donors (Lipinski definition) is 1. The van der Waals surface area contributed by atoms with Gasteiger partial charge in [-0.25, -0.2) is 0 Å². The molecule has 20 heavy (non-hydrogen) atoms. The van der Waals surface area contributed by atoms with Crippen LogP contribution in [-0.2, 0) is 0 Å². The predicted octanol–water partition coefficient (Wildman–Crippen LogP) is 3.76. The zero-order valence-electron chi connectivity index (χ0n) is 10.6. The smallest absolute Gasteiger partial charge is 0.161 e. The molecule has 0 radical (unpaired) electrons. The number of benzene rings is 2. The van der Waals surface area contributed by atoms with E-state index in [0.717, 1.165) is 31.2 Å². The first-order valence-electron chi connectivity index (χ1n) is 6.25. The van der Waals surface area contributed by atoms with Crippen molar-refractivity contribution in [2.75, 3.05) is 13.2 Å². The maximum atomic E-state index is 6.31. The average Bonchev–Trinajstić information content (AvgIpc) is 2.49. The minimum absolute atomic E-state index is 0.236. The van der Waals surface area contributed by atoms with Crippen LogP contribution < -0.4 is 15.2 Å². The Labute approximate surface area is 136 Å². The van der Waals surface area contributed by atoms with Gasteiger partial charge in [0.05, 0.1) is 11.1 Å². The Kier molecular flexibility index (Phi) is 4.05. The quantitative estimate of drug-likeness (QED) is 0.779. The second-order valence-corrected chi connectivity index (χ2v) is 6.12. The molecule has 2 aromatic rings. The highest BCUT2D eigenvalue weighted by molar-refractivity contribution is 14.1. The van der Waals surface area contributed by atoms with Crippen molar-refractivity contribution in [3.8, 4) is 11.5 Å². The van der Waals surface area contributed by atoms with Gasteiger partial charge in [0, 0.05) is 3.57 Å². The van der Waals surface area contributed by atoms with Gasteiger partial charge >= 0.3 is 0 Å². The Hall–Kier alpha value is -0.980. The molecule has 0 spiro atoms. The van der Waals surface area contributed by atoms with Crippen molar-refractivity contribution in [1.29, 1.82) is 0 Å². The Balaban J connectivity index is 1.93. The van der Waals surface area contributed by atoms with E-state index in [0.29, 0.717) is 13.2 Å². The number of ether oxygens (including phenoxy) is 2. The molecule has 1 unspecified atom stereocenters. The van der Waals surface area contributed by atoms with Crippen LogP contribution >= 0.6 is 34.2 Å². The van der Waals surface area contributed by atoms with E-state index in [4.69, 9.17) is 26.8 Å². The van der Waals surface area contributed by atoms with E-state index in [1.807, 2.05) is 36.4 Å². The van der Waals surface area contributed by atoms with Crippen LogP contribution in [0.1, 0.15) is 17.2 Å². The van der Waals surface area contributed by atoms with Gasteiger partial charge in [-0.3, -0.25) is 0 Å². The minimum Gasteiger partial charge on any atom is -0.486 e. The molecule has 1 atom stereocenters. The highest BCUT2D eigenvalue weighted by Crippen LogP contribution is 2.34. The van der Waals surface area contributed by atoms with Gasteiger partial charge in [0.2, 0.25) is 0 Å². The van der Waals surface area contributed by atoms with Crippen LogP contribution in [0.3, 0.4) is 0 Å². The summed E-state index contributed by atoms with van der Waals surface area (Å²) in [7, 11) is 0. The summed E-state index contributed by atoms with van der Waals surface area (Å²) in [6.07, 6.45) is 0. The molecule has 0 aliphatic carbocycles. The van der Waals surface area contributed by atoms with Gasteiger partial charge < -0.3 is 15.2 Å². The molecular formula is C15H13ClINO2. The normalized spacial score (nSPS) is 14.9. The number of fused-ring (bicyclic) bond motifs is 1. The van der Waals surface area contributed by atoms with Crippen LogP contribution in [0.5, 0.6) is 11.5 Å². The Morgan fingerprint density at radius 1 is 1.00 bits per heavy atom. The van der Waals surface area contributed by atoms with Gasteiger partial charge in [-0.15, -0.1) is 0 Å². The molecule has 5 heteroatoms. The monoisotopic (exact) mass is 401 g/mol. The summed E-state index contributed by atoms with van der Waals surface area (Å²) < 4.78 is 12.1. The van der Waals surface area contributed by atoms with E-state index in [1.165, 1.54) is 0 Å². The molecular weight excluding hydrogens is 389 g/mol. The van der Waals surface area contributed by atoms with Crippen LogP contribution in [0.4, 0.5) is 0 Å². The first kappa shape index (κ1) is 14.0. The fraction of sp³-hybridized carbons (Fsp3) is 0.200. The lowest BCUT2D eigenvalue weighted by atomic mass is 9.99. The molecule has 104 valence electrons. The molecule has 2 aromatic carbocycles. The lowest BCUT2D eigenvalue weighted by Gasteiger charge is -2.21. The van der Waals surface area contributed by atoms with Crippen molar-refractivity contribution in [3.05, 3.63) is 56.1 Å². The average molecular weight is 402 g/mol. The summed E-state index contributed by atoms with van der Waals surface area (Å²) in [5, 5.41) is 0.719. The van der Waals surface area contributed by atoms with E-state index in [9.17, 15) is 0 Å². The zero-order valence-corrected chi connectivity index (χ0v) is 13.5. The number of rotatable bonds is 2. The van der Waals surface area contributed by atoms with Gasteiger partial charge in [0.15, 0.2) is 11.5 Å². The zero-order chi connectivity index (χ0) is 14.1. The van der Waals surface area contributed by atoms with Crippen molar-refractivity contribution in [2.45, 2.75) is 6.04 Å². The summed E-state index contributed by atoms with van der Waals surface area (Å²) in [5.41, 5.74) is 8.27. The minimum atomic E-state index is -0.236. The summed E-state index contributed by atoms with van der Waals surface area (Å²) >= 11 is 8.35. The molecule has 0 saturated carbocycles. The lowest BCUT2D eigenvalue weighted by molar-refractivity contribution is 0.171. The highest BCUT2D eigenvalue weighted by atomic mass is 127. The third kappa shape index (κ3) is 2.73. The SMILES string of the molecule is NC(c1ccc(I)c(Cl)c1)c1ccc2c(c1)OCCO2. The highest BCUT2D eigenvalue weighted by Gasteiger charge is 2.16. The van der Waals surface area contributed by atoms with E-state index < -0.39 is 0 Å². The van der Waals surface area contributed by atoms with Crippen molar-refractivity contribution in [3.63, 3.8) is 0 Å². The molecule has 1 aliphatic rings. The van der Waals surface area contributed by atoms with Crippen molar-refractivity contribution < 1.29 is 9.47 Å². The topological polar surface area (TPSA) is 44.5 Å². The fourth-order valence-corrected chi connectivity index (χ4v) is 2.68. The summed E-state index contributed by atoms with van der Waals surface area (Å²) in [6, 6.07) is 11.4. The third-order valence-electron chi connectivity index (χ3n) is 3.23. The summed E-state index contributed by atoms with van der Waals surface area (Å²) in [6.45, 7) is 1.16. The molecule has 3 nitrogen and oxygen atoms in total. The van der Waals surface area contributed by atoms with Crippen LogP contribution in [0, 0.1) is 3.57 Å². The molecule has 0 fully saturated rings. The molecule has 0 saturated heterocycles. The number of halogens is 2. The molecule has 1 heterocycles. The Bertz CT molecular complexity index is 648. The summed E-state index contributed by atoms with van der Waals surface area (Å²) in [5.74, 6) is 1.52. The third-order valence-corrected chi connectivity index (χ3v) is 4.80.